The molecular formula is C20H22N2OS2. The standard InChI is InChI=1S/C20H22N2OS2/c1-20(2,3)13-4-9-16-17(11-24-18(16)10-13)19(23)22-14-5-7-15(8-6-14)25-12-21/h5-8,11,13H,4,9-10H2,1-3H3,(H,22,23). The van der Waals surface area contributed by atoms with Crippen molar-refractivity contribution in [2.24, 2.45) is 11.3 Å². The number of thiophene rings is 1. The average Bonchev–Trinajstić information content (AvgIpc) is 2.99. The van der Waals surface area contributed by atoms with Crippen molar-refractivity contribution in [2.45, 2.75) is 44.9 Å². The Labute approximate surface area is 157 Å². The van der Waals surface area contributed by atoms with Crippen molar-refractivity contribution in [3.63, 3.8) is 0 Å². The Bertz CT molecular complexity index is 810. The van der Waals surface area contributed by atoms with E-state index in [-0.39, 0.29) is 5.91 Å². The third kappa shape index (κ3) is 4.08. The maximum atomic E-state index is 12.7. The summed E-state index contributed by atoms with van der Waals surface area (Å²) in [6.07, 6.45) is 3.21. The van der Waals surface area contributed by atoms with Gasteiger partial charge >= 0.3 is 0 Å². The Balaban J connectivity index is 1.72. The molecule has 0 spiro atoms. The number of anilines is 1. The third-order valence-corrected chi connectivity index (χ3v) is 6.55. The molecule has 5 heteroatoms. The number of fused-ring (bicyclic) bond motifs is 1. The SMILES string of the molecule is CC(C)(C)C1CCc2c(C(=O)Nc3ccc(SC#N)cc3)csc2C1. The average molecular weight is 371 g/mol. The minimum absolute atomic E-state index is 0.0348. The topological polar surface area (TPSA) is 52.9 Å². The van der Waals surface area contributed by atoms with Crippen molar-refractivity contribution in [3.8, 4) is 5.40 Å². The second-order valence-corrected chi connectivity index (χ2v) is 9.35. The Hall–Kier alpha value is -1.77. The summed E-state index contributed by atoms with van der Waals surface area (Å²) in [6, 6.07) is 7.37. The molecule has 1 aliphatic carbocycles. The van der Waals surface area contributed by atoms with Crippen molar-refractivity contribution < 1.29 is 4.79 Å². The highest BCUT2D eigenvalue weighted by molar-refractivity contribution is 8.03. The van der Waals surface area contributed by atoms with E-state index in [0.717, 1.165) is 47.2 Å². The van der Waals surface area contributed by atoms with Gasteiger partial charge in [0.15, 0.2) is 0 Å². The molecule has 0 bridgehead atoms. The van der Waals surface area contributed by atoms with Crippen LogP contribution in [-0.4, -0.2) is 5.91 Å². The van der Waals surface area contributed by atoms with Gasteiger partial charge in [0.1, 0.15) is 5.40 Å². The van der Waals surface area contributed by atoms with E-state index in [1.807, 2.05) is 35.0 Å². The van der Waals surface area contributed by atoms with E-state index in [4.69, 9.17) is 5.26 Å². The highest BCUT2D eigenvalue weighted by Crippen LogP contribution is 2.40. The van der Waals surface area contributed by atoms with Crippen LogP contribution in [0.5, 0.6) is 0 Å². The van der Waals surface area contributed by atoms with Crippen LogP contribution >= 0.6 is 23.1 Å². The van der Waals surface area contributed by atoms with Gasteiger partial charge < -0.3 is 5.32 Å². The lowest BCUT2D eigenvalue weighted by molar-refractivity contribution is 0.102. The van der Waals surface area contributed by atoms with Gasteiger partial charge in [0, 0.05) is 20.8 Å². The molecule has 1 amide bonds. The number of amides is 1. The van der Waals surface area contributed by atoms with E-state index in [1.165, 1.54) is 10.4 Å². The molecular weight excluding hydrogens is 348 g/mol. The van der Waals surface area contributed by atoms with Gasteiger partial charge in [-0.25, -0.2) is 0 Å². The highest BCUT2D eigenvalue weighted by atomic mass is 32.2. The monoisotopic (exact) mass is 370 g/mol. The number of carbonyl (C=O) groups is 1. The number of hydrogen-bond acceptors (Lipinski definition) is 4. The molecule has 1 aromatic carbocycles. The second kappa shape index (κ2) is 7.23. The van der Waals surface area contributed by atoms with Crippen LogP contribution in [0, 0.1) is 22.0 Å². The summed E-state index contributed by atoms with van der Waals surface area (Å²) in [5, 5.41) is 15.7. The van der Waals surface area contributed by atoms with Gasteiger partial charge in [0.25, 0.3) is 5.91 Å². The summed E-state index contributed by atoms with van der Waals surface area (Å²) < 4.78 is 0. The first-order valence-corrected chi connectivity index (χ1v) is 10.1. The van der Waals surface area contributed by atoms with Crippen molar-refractivity contribution in [2.75, 3.05) is 5.32 Å². The van der Waals surface area contributed by atoms with Gasteiger partial charge in [-0.15, -0.1) is 11.3 Å². The third-order valence-electron chi connectivity index (χ3n) is 4.90. The molecule has 1 atom stereocenters. The molecule has 0 aliphatic heterocycles. The zero-order chi connectivity index (χ0) is 18.0. The number of nitrogens with one attached hydrogen (secondary N) is 1. The zero-order valence-corrected chi connectivity index (χ0v) is 16.4. The summed E-state index contributed by atoms with van der Waals surface area (Å²) in [4.78, 5) is 14.9. The van der Waals surface area contributed by atoms with Crippen LogP contribution in [-0.2, 0) is 12.8 Å². The molecule has 2 aromatic rings. The van der Waals surface area contributed by atoms with E-state index in [2.05, 4.69) is 26.1 Å². The summed E-state index contributed by atoms with van der Waals surface area (Å²) in [6.45, 7) is 6.91. The number of nitrogens with zero attached hydrogens (tertiary/aromatic N) is 1. The first-order valence-electron chi connectivity index (χ1n) is 8.45. The van der Waals surface area contributed by atoms with E-state index < -0.39 is 0 Å². The fourth-order valence-electron chi connectivity index (χ4n) is 3.30. The summed E-state index contributed by atoms with van der Waals surface area (Å²) in [7, 11) is 0. The number of carbonyl (C=O) groups excluding carboxylic acids is 1. The molecule has 0 fully saturated rings. The summed E-state index contributed by atoms with van der Waals surface area (Å²) >= 11 is 2.84. The van der Waals surface area contributed by atoms with Crippen LogP contribution in [0.15, 0.2) is 34.5 Å². The molecule has 1 aromatic heterocycles. The fourth-order valence-corrected chi connectivity index (χ4v) is 4.84. The molecule has 0 saturated heterocycles. The Morgan fingerprint density at radius 2 is 2.04 bits per heavy atom. The smallest absolute Gasteiger partial charge is 0.256 e. The first-order chi connectivity index (χ1) is 11.9. The van der Waals surface area contributed by atoms with Gasteiger partial charge in [-0.05, 0) is 72.2 Å². The number of hydrogen-bond donors (Lipinski definition) is 1. The molecule has 3 nitrogen and oxygen atoms in total. The quantitative estimate of drug-likeness (QED) is 0.555. The molecule has 25 heavy (non-hydrogen) atoms. The van der Waals surface area contributed by atoms with Gasteiger partial charge in [0.05, 0.1) is 5.56 Å². The van der Waals surface area contributed by atoms with Crippen molar-refractivity contribution in [1.82, 2.24) is 0 Å². The summed E-state index contributed by atoms with van der Waals surface area (Å²) in [5.74, 6) is 0.645. The van der Waals surface area contributed by atoms with Crippen LogP contribution in [0.4, 0.5) is 5.69 Å². The predicted molar refractivity (Wildman–Crippen MR) is 105 cm³/mol. The number of benzene rings is 1. The molecule has 0 radical (unpaired) electrons. The number of rotatable bonds is 3. The van der Waals surface area contributed by atoms with Crippen LogP contribution in [0.2, 0.25) is 0 Å². The van der Waals surface area contributed by atoms with Gasteiger partial charge in [-0.2, -0.15) is 5.26 Å². The molecule has 1 aliphatic rings. The first kappa shape index (κ1) is 18.0. The number of thiocyanates is 1. The lowest BCUT2D eigenvalue weighted by atomic mass is 9.72. The molecule has 130 valence electrons. The molecule has 0 saturated carbocycles. The maximum absolute atomic E-state index is 12.7. The van der Waals surface area contributed by atoms with Crippen molar-refractivity contribution in [3.05, 3.63) is 45.6 Å². The minimum Gasteiger partial charge on any atom is -0.322 e. The normalized spacial score (nSPS) is 16.8. The van der Waals surface area contributed by atoms with E-state index >= 15 is 0 Å². The Morgan fingerprint density at radius 1 is 1.32 bits per heavy atom. The number of thioether (sulfide) groups is 1. The van der Waals surface area contributed by atoms with Crippen LogP contribution in [0.3, 0.4) is 0 Å². The van der Waals surface area contributed by atoms with Crippen LogP contribution in [0.25, 0.3) is 0 Å². The van der Waals surface area contributed by atoms with Gasteiger partial charge in [-0.1, -0.05) is 20.8 Å². The van der Waals surface area contributed by atoms with E-state index in [0.29, 0.717) is 11.3 Å². The Kier molecular flexibility index (Phi) is 5.21. The zero-order valence-electron chi connectivity index (χ0n) is 14.8. The molecule has 1 unspecified atom stereocenters. The van der Waals surface area contributed by atoms with Crippen molar-refractivity contribution in [1.29, 1.82) is 5.26 Å². The fraction of sp³-hybridized carbons (Fsp3) is 0.400. The van der Waals surface area contributed by atoms with Crippen molar-refractivity contribution >= 4 is 34.7 Å². The molecule has 1 N–H and O–H groups in total. The largest absolute Gasteiger partial charge is 0.322 e. The lowest BCUT2D eigenvalue weighted by Gasteiger charge is -2.34. The van der Waals surface area contributed by atoms with Gasteiger partial charge in [-0.3, -0.25) is 4.79 Å². The number of nitriles is 1. The molecule has 1 heterocycles. The maximum Gasteiger partial charge on any atom is 0.256 e. The van der Waals surface area contributed by atoms with Gasteiger partial charge in [0.2, 0.25) is 0 Å². The van der Waals surface area contributed by atoms with E-state index in [9.17, 15) is 4.79 Å². The summed E-state index contributed by atoms with van der Waals surface area (Å²) in [5.41, 5.74) is 3.13. The lowest BCUT2D eigenvalue weighted by Crippen LogP contribution is -2.27. The molecule has 3 rings (SSSR count). The highest BCUT2D eigenvalue weighted by Gasteiger charge is 2.31. The van der Waals surface area contributed by atoms with E-state index in [1.54, 1.807) is 11.3 Å². The van der Waals surface area contributed by atoms with Crippen LogP contribution in [0.1, 0.15) is 48.0 Å². The minimum atomic E-state index is -0.0348. The predicted octanol–water partition coefficient (Wildman–Crippen LogP) is 5.72. The Morgan fingerprint density at radius 3 is 2.68 bits per heavy atom. The van der Waals surface area contributed by atoms with Crippen LogP contribution < -0.4 is 5.32 Å². The second-order valence-electron chi connectivity index (χ2n) is 7.53.